The minimum absolute atomic E-state index is 0.549. The summed E-state index contributed by atoms with van der Waals surface area (Å²) >= 11 is 0. The van der Waals surface area contributed by atoms with E-state index in [1.54, 1.807) is 0 Å². The van der Waals surface area contributed by atoms with E-state index in [0.717, 1.165) is 11.5 Å². The van der Waals surface area contributed by atoms with Gasteiger partial charge in [0.05, 0.1) is 0 Å². The Hall–Kier alpha value is -0.800. The first-order valence-corrected chi connectivity index (χ1v) is 3.67. The van der Waals surface area contributed by atoms with Crippen molar-refractivity contribution in [1.82, 2.24) is 0 Å². The fraction of sp³-hybridized carbons (Fsp3) is 0.500. The summed E-state index contributed by atoms with van der Waals surface area (Å²) in [5, 5.41) is 8.76. The van der Waals surface area contributed by atoms with Crippen molar-refractivity contribution in [3.63, 3.8) is 0 Å². The predicted octanol–water partition coefficient (Wildman–Crippen LogP) is 0.798. The number of hydrogen-bond acceptors (Lipinski definition) is 3. The van der Waals surface area contributed by atoms with Crippen LogP contribution in [0.15, 0.2) is 16.5 Å². The van der Waals surface area contributed by atoms with E-state index >= 15 is 0 Å². The number of furan rings is 1. The lowest BCUT2D eigenvalue weighted by atomic mass is 10.2. The summed E-state index contributed by atoms with van der Waals surface area (Å²) in [7, 11) is 0. The van der Waals surface area contributed by atoms with Crippen LogP contribution in [0.2, 0.25) is 0 Å². The molecule has 0 aliphatic carbocycles. The van der Waals surface area contributed by atoms with Crippen LogP contribution in [0.3, 0.4) is 0 Å². The van der Waals surface area contributed by atoms with Crippen molar-refractivity contribution in [3.8, 4) is 0 Å². The molecule has 0 aliphatic heterocycles. The molecule has 1 aromatic rings. The van der Waals surface area contributed by atoms with Crippen molar-refractivity contribution in [2.24, 2.45) is 5.73 Å². The Balaban J connectivity index is 2.39. The summed E-state index contributed by atoms with van der Waals surface area (Å²) in [6.07, 6.45) is 0.513. The molecule has 0 saturated carbocycles. The number of hydrogen-bond donors (Lipinski definition) is 2. The molecule has 0 radical (unpaired) electrons. The van der Waals surface area contributed by atoms with Crippen LogP contribution in [0.25, 0.3) is 0 Å². The van der Waals surface area contributed by atoms with Gasteiger partial charge in [-0.3, -0.25) is 0 Å². The SMILES string of the molecule is Cc1ccc(CCC(N)O)o1. The maximum Gasteiger partial charge on any atom is 0.104 e. The maximum absolute atomic E-state index is 8.76. The molecule has 0 saturated heterocycles. The molecule has 0 spiro atoms. The van der Waals surface area contributed by atoms with Crippen LogP contribution in [0, 0.1) is 6.92 Å². The zero-order valence-corrected chi connectivity index (χ0v) is 6.58. The Bertz CT molecular complexity index is 218. The summed E-state index contributed by atoms with van der Waals surface area (Å²) in [4.78, 5) is 0. The standard InChI is InChI=1S/C8H13NO2/c1-6-2-3-7(11-6)4-5-8(9)10/h2-3,8,10H,4-5,9H2,1H3. The number of nitrogens with two attached hydrogens (primary N) is 1. The molecule has 11 heavy (non-hydrogen) atoms. The molecule has 0 aromatic carbocycles. The van der Waals surface area contributed by atoms with Gasteiger partial charge in [0.2, 0.25) is 0 Å². The van der Waals surface area contributed by atoms with E-state index in [9.17, 15) is 0 Å². The third kappa shape index (κ3) is 2.74. The molecule has 3 N–H and O–H groups in total. The molecule has 0 aliphatic rings. The largest absolute Gasteiger partial charge is 0.466 e. The third-order valence-corrected chi connectivity index (χ3v) is 1.48. The highest BCUT2D eigenvalue weighted by molar-refractivity contribution is 5.05. The van der Waals surface area contributed by atoms with Crippen LogP contribution in [-0.4, -0.2) is 11.3 Å². The van der Waals surface area contributed by atoms with E-state index in [1.807, 2.05) is 19.1 Å². The van der Waals surface area contributed by atoms with Gasteiger partial charge in [0.25, 0.3) is 0 Å². The van der Waals surface area contributed by atoms with Gasteiger partial charge in [-0.25, -0.2) is 0 Å². The summed E-state index contributed by atoms with van der Waals surface area (Å²) in [6, 6.07) is 3.80. The van der Waals surface area contributed by atoms with E-state index in [-0.39, 0.29) is 0 Å². The highest BCUT2D eigenvalue weighted by Crippen LogP contribution is 2.08. The van der Waals surface area contributed by atoms with Gasteiger partial charge in [-0.15, -0.1) is 0 Å². The fourth-order valence-electron chi connectivity index (χ4n) is 0.910. The second kappa shape index (κ2) is 3.55. The average molecular weight is 155 g/mol. The molecule has 3 heteroatoms. The van der Waals surface area contributed by atoms with Crippen LogP contribution in [0.1, 0.15) is 17.9 Å². The zero-order valence-electron chi connectivity index (χ0n) is 6.58. The lowest BCUT2D eigenvalue weighted by Crippen LogP contribution is -2.18. The van der Waals surface area contributed by atoms with Crippen molar-refractivity contribution in [1.29, 1.82) is 0 Å². The molecule has 62 valence electrons. The highest BCUT2D eigenvalue weighted by atomic mass is 16.3. The normalized spacial score (nSPS) is 13.4. The predicted molar refractivity (Wildman–Crippen MR) is 42.0 cm³/mol. The maximum atomic E-state index is 8.76. The van der Waals surface area contributed by atoms with E-state index in [4.69, 9.17) is 15.3 Å². The average Bonchev–Trinajstić information content (AvgIpc) is 2.31. The number of rotatable bonds is 3. The van der Waals surface area contributed by atoms with Gasteiger partial charge in [0.1, 0.15) is 17.7 Å². The lowest BCUT2D eigenvalue weighted by molar-refractivity contribution is 0.170. The van der Waals surface area contributed by atoms with Crippen molar-refractivity contribution < 1.29 is 9.52 Å². The van der Waals surface area contributed by atoms with Gasteiger partial charge in [0.15, 0.2) is 0 Å². The summed E-state index contributed by atoms with van der Waals surface area (Å²) in [5.41, 5.74) is 5.16. The quantitative estimate of drug-likeness (QED) is 0.635. The van der Waals surface area contributed by atoms with Gasteiger partial charge in [-0.2, -0.15) is 0 Å². The second-order valence-electron chi connectivity index (χ2n) is 2.62. The third-order valence-electron chi connectivity index (χ3n) is 1.48. The Morgan fingerprint density at radius 1 is 1.64 bits per heavy atom. The molecular weight excluding hydrogens is 142 g/mol. The van der Waals surface area contributed by atoms with Crippen molar-refractivity contribution in [2.45, 2.75) is 26.0 Å². The molecular formula is C8H13NO2. The minimum Gasteiger partial charge on any atom is -0.466 e. The van der Waals surface area contributed by atoms with Gasteiger partial charge in [0, 0.05) is 6.42 Å². The summed E-state index contributed by atoms with van der Waals surface area (Å²) < 4.78 is 5.27. The van der Waals surface area contributed by atoms with Crippen molar-refractivity contribution in [2.75, 3.05) is 0 Å². The fourth-order valence-corrected chi connectivity index (χ4v) is 0.910. The van der Waals surface area contributed by atoms with E-state index in [1.165, 1.54) is 0 Å². The smallest absolute Gasteiger partial charge is 0.104 e. The summed E-state index contributed by atoms with van der Waals surface area (Å²) in [6.45, 7) is 1.89. The van der Waals surface area contributed by atoms with Crippen LogP contribution in [-0.2, 0) is 6.42 Å². The van der Waals surface area contributed by atoms with Crippen LogP contribution >= 0.6 is 0 Å². The molecule has 0 bridgehead atoms. The molecule has 1 unspecified atom stereocenters. The topological polar surface area (TPSA) is 59.4 Å². The van der Waals surface area contributed by atoms with Gasteiger partial charge in [-0.05, 0) is 25.5 Å². The molecule has 1 rings (SSSR count). The summed E-state index contributed by atoms with van der Waals surface area (Å²) in [5.74, 6) is 1.78. The van der Waals surface area contributed by atoms with Crippen molar-refractivity contribution >= 4 is 0 Å². The Morgan fingerprint density at radius 3 is 2.82 bits per heavy atom. The van der Waals surface area contributed by atoms with Gasteiger partial charge < -0.3 is 15.3 Å². The van der Waals surface area contributed by atoms with Gasteiger partial charge in [-0.1, -0.05) is 0 Å². The first kappa shape index (κ1) is 8.30. The Labute approximate surface area is 65.8 Å². The van der Waals surface area contributed by atoms with E-state index in [2.05, 4.69) is 0 Å². The first-order chi connectivity index (χ1) is 5.18. The highest BCUT2D eigenvalue weighted by Gasteiger charge is 2.00. The van der Waals surface area contributed by atoms with E-state index in [0.29, 0.717) is 12.8 Å². The molecule has 1 aromatic heterocycles. The van der Waals surface area contributed by atoms with Crippen LogP contribution in [0.5, 0.6) is 0 Å². The Kier molecular flexibility index (Phi) is 2.68. The minimum atomic E-state index is -0.736. The first-order valence-electron chi connectivity index (χ1n) is 3.67. The number of aliphatic hydroxyl groups is 1. The Morgan fingerprint density at radius 2 is 2.36 bits per heavy atom. The zero-order chi connectivity index (χ0) is 8.27. The number of aliphatic hydroxyl groups excluding tert-OH is 1. The monoisotopic (exact) mass is 155 g/mol. The molecule has 0 amide bonds. The number of aryl methyl sites for hydroxylation is 2. The van der Waals surface area contributed by atoms with E-state index < -0.39 is 6.23 Å². The molecule has 3 nitrogen and oxygen atoms in total. The molecule has 0 fully saturated rings. The van der Waals surface area contributed by atoms with Crippen LogP contribution < -0.4 is 5.73 Å². The molecule has 1 heterocycles. The second-order valence-corrected chi connectivity index (χ2v) is 2.62. The van der Waals surface area contributed by atoms with Crippen LogP contribution in [0.4, 0.5) is 0 Å². The van der Waals surface area contributed by atoms with Crippen molar-refractivity contribution in [3.05, 3.63) is 23.7 Å². The lowest BCUT2D eigenvalue weighted by Gasteiger charge is -2.00. The molecule has 1 atom stereocenters. The van der Waals surface area contributed by atoms with Gasteiger partial charge >= 0.3 is 0 Å².